The number of rotatable bonds is 2. The summed E-state index contributed by atoms with van der Waals surface area (Å²) in [6.07, 6.45) is 0. The van der Waals surface area contributed by atoms with Crippen LogP contribution in [0.15, 0.2) is 18.2 Å². The van der Waals surface area contributed by atoms with Crippen LogP contribution in [-0.2, 0) is 0 Å². The van der Waals surface area contributed by atoms with Crippen molar-refractivity contribution in [3.8, 4) is 0 Å². The van der Waals surface area contributed by atoms with Gasteiger partial charge in [0.2, 0.25) is 0 Å². The topological polar surface area (TPSA) is 0 Å². The Labute approximate surface area is 112 Å². The maximum atomic E-state index is 13.2. The molecule has 0 bridgehead atoms. The van der Waals surface area contributed by atoms with Gasteiger partial charge in [0.15, 0.2) is 17.5 Å². The molecule has 0 N–H and O–H groups in total. The average Bonchev–Trinajstić information content (AvgIpc) is 2.63. The zero-order valence-electron chi connectivity index (χ0n) is 9.73. The van der Waals surface area contributed by atoms with Crippen molar-refractivity contribution in [2.75, 3.05) is 0 Å². The molecule has 5 heteroatoms. The largest absolute Gasteiger partial charge is 0.204 e. The first kappa shape index (κ1) is 13.4. The highest BCUT2D eigenvalue weighted by molar-refractivity contribution is 7.12. The molecule has 1 unspecified atom stereocenters. The Morgan fingerprint density at radius 3 is 2.06 bits per heavy atom. The van der Waals surface area contributed by atoms with E-state index < -0.39 is 22.8 Å². The Morgan fingerprint density at radius 1 is 1.06 bits per heavy atom. The van der Waals surface area contributed by atoms with E-state index in [0.29, 0.717) is 0 Å². The minimum absolute atomic E-state index is 0.220. The van der Waals surface area contributed by atoms with Crippen molar-refractivity contribution in [2.45, 2.75) is 19.2 Å². The lowest BCUT2D eigenvalue weighted by atomic mass is 10.1. The number of thiophene rings is 1. The summed E-state index contributed by atoms with van der Waals surface area (Å²) >= 11 is 7.66. The highest BCUT2D eigenvalue weighted by atomic mass is 35.5. The monoisotopic (exact) mass is 290 g/mol. The zero-order valence-corrected chi connectivity index (χ0v) is 11.3. The molecule has 2 aromatic rings. The van der Waals surface area contributed by atoms with E-state index in [4.69, 9.17) is 11.6 Å². The van der Waals surface area contributed by atoms with Crippen LogP contribution in [0.25, 0.3) is 0 Å². The molecule has 0 fully saturated rings. The molecule has 1 aromatic carbocycles. The minimum Gasteiger partial charge on any atom is -0.204 e. The third-order valence-electron chi connectivity index (χ3n) is 2.61. The van der Waals surface area contributed by atoms with Gasteiger partial charge in [-0.15, -0.1) is 22.9 Å². The fourth-order valence-electron chi connectivity index (χ4n) is 1.78. The molecule has 18 heavy (non-hydrogen) atoms. The van der Waals surface area contributed by atoms with E-state index in [1.165, 1.54) is 11.3 Å². The molecule has 0 aliphatic carbocycles. The van der Waals surface area contributed by atoms with Crippen molar-refractivity contribution in [2.24, 2.45) is 0 Å². The molecule has 1 heterocycles. The third-order valence-corrected chi connectivity index (χ3v) is 4.43. The summed E-state index contributed by atoms with van der Waals surface area (Å²) in [4.78, 5) is 1.88. The van der Waals surface area contributed by atoms with Gasteiger partial charge in [0, 0.05) is 9.75 Å². The minimum atomic E-state index is -1.47. The number of hydrogen-bond acceptors (Lipinski definition) is 1. The molecule has 0 aliphatic rings. The molecule has 0 saturated carbocycles. The van der Waals surface area contributed by atoms with Crippen molar-refractivity contribution in [3.63, 3.8) is 0 Å². The Kier molecular flexibility index (Phi) is 3.69. The molecular formula is C13H10ClF3S. The van der Waals surface area contributed by atoms with E-state index in [0.717, 1.165) is 27.5 Å². The highest BCUT2D eigenvalue weighted by Gasteiger charge is 2.20. The molecule has 0 spiro atoms. The predicted molar refractivity (Wildman–Crippen MR) is 67.8 cm³/mol. The first-order valence-corrected chi connectivity index (χ1v) is 6.51. The summed E-state index contributed by atoms with van der Waals surface area (Å²) in [5.74, 6) is -3.91. The van der Waals surface area contributed by atoms with E-state index >= 15 is 0 Å². The van der Waals surface area contributed by atoms with Crippen LogP contribution in [-0.4, -0.2) is 0 Å². The van der Waals surface area contributed by atoms with Crippen LogP contribution in [0, 0.1) is 31.3 Å². The van der Waals surface area contributed by atoms with Crippen molar-refractivity contribution < 1.29 is 13.2 Å². The van der Waals surface area contributed by atoms with Gasteiger partial charge in [0.25, 0.3) is 0 Å². The Balaban J connectivity index is 2.46. The smallest absolute Gasteiger partial charge is 0.194 e. The number of aryl methyl sites for hydroxylation is 2. The van der Waals surface area contributed by atoms with Crippen molar-refractivity contribution in [1.29, 1.82) is 0 Å². The maximum Gasteiger partial charge on any atom is 0.194 e. The second kappa shape index (κ2) is 4.94. The summed E-state index contributed by atoms with van der Waals surface area (Å²) in [5.41, 5.74) is 1.18. The van der Waals surface area contributed by atoms with Gasteiger partial charge in [-0.25, -0.2) is 13.2 Å². The van der Waals surface area contributed by atoms with Crippen LogP contribution in [0.1, 0.15) is 26.3 Å². The quantitative estimate of drug-likeness (QED) is 0.532. The number of alkyl halides is 1. The summed E-state index contributed by atoms with van der Waals surface area (Å²) in [7, 11) is 0. The summed E-state index contributed by atoms with van der Waals surface area (Å²) in [6.45, 7) is 3.81. The van der Waals surface area contributed by atoms with Gasteiger partial charge >= 0.3 is 0 Å². The summed E-state index contributed by atoms with van der Waals surface area (Å²) < 4.78 is 39.2. The zero-order chi connectivity index (χ0) is 13.4. The lowest BCUT2D eigenvalue weighted by Crippen LogP contribution is -1.98. The van der Waals surface area contributed by atoms with Crippen LogP contribution in [0.3, 0.4) is 0 Å². The summed E-state index contributed by atoms with van der Waals surface area (Å²) in [6, 6.07) is 3.82. The number of hydrogen-bond donors (Lipinski definition) is 0. The maximum absolute atomic E-state index is 13.2. The van der Waals surface area contributed by atoms with Gasteiger partial charge in [0.05, 0.1) is 5.38 Å². The Hall–Kier alpha value is -1.00. The molecular weight excluding hydrogens is 281 g/mol. The third kappa shape index (κ3) is 2.40. The van der Waals surface area contributed by atoms with Crippen LogP contribution < -0.4 is 0 Å². The second-order valence-corrected chi connectivity index (χ2v) is 5.79. The standard InChI is InChI=1S/C13H10ClF3S/c1-6-3-7(2)18-13(6)11(14)8-4-9(15)12(17)10(16)5-8/h3-5,11H,1-2H3. The van der Waals surface area contributed by atoms with Gasteiger partial charge in [-0.3, -0.25) is 0 Å². The second-order valence-electron chi connectivity index (χ2n) is 4.07. The molecule has 96 valence electrons. The van der Waals surface area contributed by atoms with E-state index in [1.54, 1.807) is 0 Å². The first-order chi connectivity index (χ1) is 8.40. The molecule has 2 rings (SSSR count). The van der Waals surface area contributed by atoms with Gasteiger partial charge in [-0.1, -0.05) is 0 Å². The molecule has 0 nitrogen and oxygen atoms in total. The summed E-state index contributed by atoms with van der Waals surface area (Å²) in [5, 5.41) is -0.673. The normalized spacial score (nSPS) is 12.8. The van der Waals surface area contributed by atoms with Gasteiger partial charge < -0.3 is 0 Å². The molecule has 0 aliphatic heterocycles. The Bertz CT molecular complexity index is 569. The highest BCUT2D eigenvalue weighted by Crippen LogP contribution is 2.37. The number of halogens is 4. The lowest BCUT2D eigenvalue weighted by molar-refractivity contribution is 0.445. The van der Waals surface area contributed by atoms with Gasteiger partial charge in [0.1, 0.15) is 0 Å². The first-order valence-electron chi connectivity index (χ1n) is 5.25. The van der Waals surface area contributed by atoms with Crippen molar-refractivity contribution in [3.05, 3.63) is 56.5 Å². The number of benzene rings is 1. The van der Waals surface area contributed by atoms with E-state index in [2.05, 4.69) is 0 Å². The fourth-order valence-corrected chi connectivity index (χ4v) is 3.26. The van der Waals surface area contributed by atoms with Crippen LogP contribution in [0.5, 0.6) is 0 Å². The molecule has 0 radical (unpaired) electrons. The van der Waals surface area contributed by atoms with Gasteiger partial charge in [-0.2, -0.15) is 0 Å². The van der Waals surface area contributed by atoms with Gasteiger partial charge in [-0.05, 0) is 43.2 Å². The SMILES string of the molecule is Cc1cc(C)c(C(Cl)c2cc(F)c(F)c(F)c2)s1. The molecule has 0 amide bonds. The van der Waals surface area contributed by atoms with Crippen LogP contribution in [0.4, 0.5) is 13.2 Å². The molecule has 0 saturated heterocycles. The fraction of sp³-hybridized carbons (Fsp3) is 0.231. The molecule has 1 atom stereocenters. The van der Waals surface area contributed by atoms with Crippen LogP contribution >= 0.6 is 22.9 Å². The van der Waals surface area contributed by atoms with Crippen molar-refractivity contribution in [1.82, 2.24) is 0 Å². The van der Waals surface area contributed by atoms with E-state index in [9.17, 15) is 13.2 Å². The lowest BCUT2D eigenvalue weighted by Gasteiger charge is -2.10. The Morgan fingerprint density at radius 2 is 1.61 bits per heavy atom. The van der Waals surface area contributed by atoms with E-state index in [-0.39, 0.29) is 5.56 Å². The van der Waals surface area contributed by atoms with Crippen molar-refractivity contribution >= 4 is 22.9 Å². The predicted octanol–water partition coefficient (Wildman–Crippen LogP) is 5.11. The van der Waals surface area contributed by atoms with Crippen LogP contribution in [0.2, 0.25) is 0 Å². The molecule has 1 aromatic heterocycles. The average molecular weight is 291 g/mol. The van der Waals surface area contributed by atoms with E-state index in [1.807, 2.05) is 19.9 Å².